The summed E-state index contributed by atoms with van der Waals surface area (Å²) in [6.07, 6.45) is 1.28. The Morgan fingerprint density at radius 1 is 1.00 bits per heavy atom. The number of Topliss-reactive ketones (excluding diaryl/α,β-unsaturated/α-hetero) is 1. The van der Waals surface area contributed by atoms with E-state index in [4.69, 9.17) is 9.53 Å². The number of hydrogen-bond acceptors (Lipinski definition) is 7. The zero-order valence-electron chi connectivity index (χ0n) is 26.0. The molecule has 2 aromatic rings. The molecular weight excluding hydrogens is 595 g/mol. The van der Waals surface area contributed by atoms with E-state index in [1.165, 1.54) is 62.2 Å². The number of sulfonamides is 1. The van der Waals surface area contributed by atoms with E-state index in [-0.39, 0.29) is 23.6 Å². The normalized spacial score (nSPS) is 16.8. The lowest BCUT2D eigenvalue weighted by atomic mass is 9.99. The number of anilines is 1. The first-order chi connectivity index (χ1) is 20.7. The van der Waals surface area contributed by atoms with Crippen LogP contribution in [0.1, 0.15) is 55.2 Å². The molecule has 12 heteroatoms. The van der Waals surface area contributed by atoms with Crippen molar-refractivity contribution >= 4 is 27.8 Å². The number of methoxy groups -OCH3 is 1. The zero-order chi connectivity index (χ0) is 32.5. The van der Waals surface area contributed by atoms with Crippen LogP contribution < -0.4 is 9.64 Å². The molecule has 4 rings (SSSR count). The number of likely N-dealkylation sites (tertiary alicyclic amines) is 1. The van der Waals surface area contributed by atoms with Crippen LogP contribution in [0.25, 0.3) is 0 Å². The van der Waals surface area contributed by atoms with Crippen LogP contribution in [0.2, 0.25) is 0 Å². The smallest absolute Gasteiger partial charge is 0.446 e. The van der Waals surface area contributed by atoms with Crippen LogP contribution in [0.3, 0.4) is 0 Å². The molecule has 0 bridgehead atoms. The van der Waals surface area contributed by atoms with E-state index in [1.54, 1.807) is 33.1 Å². The van der Waals surface area contributed by atoms with Gasteiger partial charge in [0.25, 0.3) is 0 Å². The number of piperidine rings is 2. The zero-order valence-corrected chi connectivity index (χ0v) is 26.8. The van der Waals surface area contributed by atoms with Gasteiger partial charge >= 0.3 is 6.18 Å². The summed E-state index contributed by atoms with van der Waals surface area (Å²) in [5.41, 5.74) is 3.45. The van der Waals surface area contributed by atoms with Gasteiger partial charge in [-0.25, -0.2) is 12.7 Å². The van der Waals surface area contributed by atoms with Crippen molar-refractivity contribution in [3.8, 4) is 5.75 Å². The number of rotatable bonds is 10. The highest BCUT2D eigenvalue weighted by Gasteiger charge is 2.27. The number of aryl methyl sites for hydroxylation is 2. The molecule has 2 aromatic carbocycles. The van der Waals surface area contributed by atoms with Crippen LogP contribution in [0.5, 0.6) is 5.75 Å². The van der Waals surface area contributed by atoms with Gasteiger partial charge in [0.1, 0.15) is 11.5 Å². The van der Waals surface area contributed by atoms with Gasteiger partial charge in [-0.05, 0) is 93.6 Å². The molecule has 0 N–H and O–H groups in total. The molecule has 8 nitrogen and oxygen atoms in total. The molecule has 0 unspecified atom stereocenters. The number of ketones is 1. The Kier molecular flexibility index (Phi) is 12.8. The van der Waals surface area contributed by atoms with E-state index >= 15 is 0 Å². The molecule has 0 aromatic heterocycles. The van der Waals surface area contributed by atoms with Gasteiger partial charge in [0.2, 0.25) is 16.3 Å². The number of carbonyl (C=O) groups is 2. The molecule has 44 heavy (non-hydrogen) atoms. The second kappa shape index (κ2) is 15.9. The van der Waals surface area contributed by atoms with Crippen molar-refractivity contribution in [3.05, 3.63) is 53.1 Å². The number of benzene rings is 2. The summed E-state index contributed by atoms with van der Waals surface area (Å²) in [4.78, 5) is 26.8. The van der Waals surface area contributed by atoms with Gasteiger partial charge in [-0.3, -0.25) is 9.59 Å². The van der Waals surface area contributed by atoms with Crippen molar-refractivity contribution < 1.29 is 35.9 Å². The predicted octanol–water partition coefficient (Wildman–Crippen LogP) is 5.34. The predicted molar refractivity (Wildman–Crippen MR) is 165 cm³/mol. The van der Waals surface area contributed by atoms with E-state index in [9.17, 15) is 26.4 Å². The second-order valence-electron chi connectivity index (χ2n) is 11.5. The van der Waals surface area contributed by atoms with Gasteiger partial charge in [0.05, 0.1) is 12.0 Å². The lowest BCUT2D eigenvalue weighted by molar-refractivity contribution is -0.156. The Hall–Kier alpha value is -2.96. The average Bonchev–Trinajstić information content (AvgIpc) is 3.00. The third kappa shape index (κ3) is 10.0. The van der Waals surface area contributed by atoms with Crippen LogP contribution in [0, 0.1) is 13.8 Å². The molecule has 2 heterocycles. The van der Waals surface area contributed by atoms with Gasteiger partial charge in [-0.15, -0.1) is 0 Å². The maximum Gasteiger partial charge on any atom is 0.446 e. The van der Waals surface area contributed by atoms with Crippen LogP contribution in [0.4, 0.5) is 18.9 Å². The monoisotopic (exact) mass is 639 g/mol. The first-order valence-corrected chi connectivity index (χ1v) is 16.4. The minimum Gasteiger partial charge on any atom is -0.497 e. The molecule has 2 saturated heterocycles. The summed E-state index contributed by atoms with van der Waals surface area (Å²) in [5.74, 6) is 0.662. The van der Waals surface area contributed by atoms with E-state index in [0.717, 1.165) is 24.7 Å². The minimum absolute atomic E-state index is 0.0327. The number of ether oxygens (including phenoxy) is 1. The molecule has 0 saturated carbocycles. The molecule has 2 aliphatic heterocycles. The maximum absolute atomic E-state index is 13.2. The van der Waals surface area contributed by atoms with E-state index in [1.807, 2.05) is 12.1 Å². The molecule has 0 aliphatic carbocycles. The van der Waals surface area contributed by atoms with E-state index in [0.29, 0.717) is 23.3 Å². The Morgan fingerprint density at radius 3 is 2.05 bits per heavy atom. The van der Waals surface area contributed by atoms with Gasteiger partial charge in [-0.2, -0.15) is 13.2 Å². The number of alkyl halides is 3. The first-order valence-electron chi connectivity index (χ1n) is 15.0. The number of nitrogens with zero attached hydrogens (tertiary/aromatic N) is 3. The van der Waals surface area contributed by atoms with Crippen molar-refractivity contribution in [3.63, 3.8) is 0 Å². The number of carbonyl (C=O) groups excluding carboxylic acids is 2. The first kappa shape index (κ1) is 35.5. The van der Waals surface area contributed by atoms with Crippen molar-refractivity contribution in [2.24, 2.45) is 0 Å². The SMILES string of the molecule is COc1cc(C)c(S(=O)(=O)N(C)CCC(=O)Cc2ccc(N3CCC(N4CCCCC4)CC3)cc2)c(C)c1.O=CC(F)(F)F. The highest BCUT2D eigenvalue weighted by atomic mass is 32.2. The summed E-state index contributed by atoms with van der Waals surface area (Å²) in [6, 6.07) is 12.5. The molecule has 0 atom stereocenters. The molecular formula is C32H44F3N3O5S. The van der Waals surface area contributed by atoms with Gasteiger partial charge in [0.15, 0.2) is 0 Å². The average molecular weight is 640 g/mol. The number of aldehydes is 1. The largest absolute Gasteiger partial charge is 0.497 e. The third-order valence-corrected chi connectivity index (χ3v) is 10.4. The molecule has 244 valence electrons. The molecule has 0 amide bonds. The Bertz CT molecular complexity index is 1330. The molecule has 2 aliphatic rings. The summed E-state index contributed by atoms with van der Waals surface area (Å²) in [7, 11) is -0.607. The fourth-order valence-electron chi connectivity index (χ4n) is 5.91. The van der Waals surface area contributed by atoms with Crippen molar-refractivity contribution in [1.29, 1.82) is 0 Å². The van der Waals surface area contributed by atoms with Crippen LogP contribution >= 0.6 is 0 Å². The minimum atomic E-state index is -4.64. The highest BCUT2D eigenvalue weighted by Crippen LogP contribution is 2.28. The fourth-order valence-corrected chi connectivity index (χ4v) is 7.48. The molecule has 0 spiro atoms. The van der Waals surface area contributed by atoms with Gasteiger partial charge in [0, 0.05) is 51.3 Å². The standard InChI is InChI=1S/C30H43N3O4S.C2HF3O/c1-23-20-29(37-4)21-24(2)30(23)38(35,36)31(3)17-14-28(34)22-25-8-10-26(11-9-25)33-18-12-27(13-19-33)32-15-6-5-7-16-32;3-2(4,5)1-6/h8-11,20-21,27H,5-7,12-19,22H2,1-4H3;1H. The molecule has 0 radical (unpaired) electrons. The van der Waals surface area contributed by atoms with Gasteiger partial charge in [-0.1, -0.05) is 18.6 Å². The summed E-state index contributed by atoms with van der Waals surface area (Å²) < 4.78 is 64.2. The summed E-state index contributed by atoms with van der Waals surface area (Å²) in [5, 5.41) is 0. The third-order valence-electron chi connectivity index (χ3n) is 8.25. The Morgan fingerprint density at radius 2 is 1.55 bits per heavy atom. The summed E-state index contributed by atoms with van der Waals surface area (Å²) >= 11 is 0. The van der Waals surface area contributed by atoms with E-state index < -0.39 is 22.5 Å². The van der Waals surface area contributed by atoms with Crippen molar-refractivity contribution in [1.82, 2.24) is 9.21 Å². The lowest BCUT2D eigenvalue weighted by Crippen LogP contribution is -2.46. The topological polar surface area (TPSA) is 87.2 Å². The maximum atomic E-state index is 13.2. The quantitative estimate of drug-likeness (QED) is 0.325. The van der Waals surface area contributed by atoms with Crippen molar-refractivity contribution in [2.45, 2.75) is 75.9 Å². The lowest BCUT2D eigenvalue weighted by Gasteiger charge is -2.41. The van der Waals surface area contributed by atoms with Crippen LogP contribution in [-0.4, -0.2) is 88.8 Å². The van der Waals surface area contributed by atoms with Gasteiger partial charge < -0.3 is 14.5 Å². The van der Waals surface area contributed by atoms with Crippen LogP contribution in [-0.2, 0) is 26.0 Å². The van der Waals surface area contributed by atoms with Crippen molar-refractivity contribution in [2.75, 3.05) is 51.8 Å². The Labute approximate surface area is 259 Å². The van der Waals surface area contributed by atoms with Crippen LogP contribution in [0.15, 0.2) is 41.3 Å². The number of hydrogen-bond donors (Lipinski definition) is 0. The summed E-state index contributed by atoms with van der Waals surface area (Å²) in [6.45, 7) is 8.35. The Balaban J connectivity index is 0.000000801. The molecule has 2 fully saturated rings. The number of halogens is 3. The van der Waals surface area contributed by atoms with E-state index in [2.05, 4.69) is 21.9 Å². The second-order valence-corrected chi connectivity index (χ2v) is 13.5. The highest BCUT2D eigenvalue weighted by molar-refractivity contribution is 7.89. The fraction of sp³-hybridized carbons (Fsp3) is 0.562.